The highest BCUT2D eigenvalue weighted by molar-refractivity contribution is 5.82. The Balaban J connectivity index is 2.80. The van der Waals surface area contributed by atoms with Crippen LogP contribution in [0.2, 0.25) is 0 Å². The summed E-state index contributed by atoms with van der Waals surface area (Å²) in [5.41, 5.74) is 0. The van der Waals surface area contributed by atoms with Gasteiger partial charge in [-0.2, -0.15) is 0 Å². The number of amides is 1. The van der Waals surface area contributed by atoms with Crippen molar-refractivity contribution in [2.24, 2.45) is 0 Å². The Morgan fingerprint density at radius 1 is 1.53 bits per heavy atom. The van der Waals surface area contributed by atoms with Crippen LogP contribution >= 0.6 is 0 Å². The molecule has 1 saturated heterocycles. The molecular formula is C11H23N3O. The van der Waals surface area contributed by atoms with Gasteiger partial charge in [0.05, 0.1) is 0 Å². The van der Waals surface area contributed by atoms with Crippen LogP contribution < -0.4 is 5.32 Å². The van der Waals surface area contributed by atoms with E-state index >= 15 is 0 Å². The van der Waals surface area contributed by atoms with Gasteiger partial charge in [-0.15, -0.1) is 0 Å². The standard InChI is InChI=1S/C11H23N3O/c1-5-14-7-6-9(2)13(4)11(15)10(14)8-12-3/h9-10,12H,5-8H2,1-4H3. The van der Waals surface area contributed by atoms with Gasteiger partial charge in [0.1, 0.15) is 6.04 Å². The molecule has 4 heteroatoms. The first kappa shape index (κ1) is 12.5. The average Bonchev–Trinajstić information content (AvgIpc) is 2.33. The van der Waals surface area contributed by atoms with Gasteiger partial charge >= 0.3 is 0 Å². The van der Waals surface area contributed by atoms with Crippen LogP contribution in [0.4, 0.5) is 0 Å². The lowest BCUT2D eigenvalue weighted by Crippen LogP contribution is -2.50. The summed E-state index contributed by atoms with van der Waals surface area (Å²) < 4.78 is 0. The van der Waals surface area contributed by atoms with Gasteiger partial charge in [0.2, 0.25) is 5.91 Å². The molecule has 1 fully saturated rings. The third kappa shape index (κ3) is 2.69. The first-order chi connectivity index (χ1) is 7.11. The molecule has 88 valence electrons. The number of carbonyl (C=O) groups excluding carboxylic acids is 1. The summed E-state index contributed by atoms with van der Waals surface area (Å²) in [4.78, 5) is 16.3. The van der Waals surface area contributed by atoms with Gasteiger partial charge < -0.3 is 10.2 Å². The van der Waals surface area contributed by atoms with E-state index in [0.29, 0.717) is 6.04 Å². The topological polar surface area (TPSA) is 35.6 Å². The van der Waals surface area contributed by atoms with Crippen molar-refractivity contribution >= 4 is 5.91 Å². The smallest absolute Gasteiger partial charge is 0.241 e. The minimum atomic E-state index is 0.00921. The van der Waals surface area contributed by atoms with Gasteiger partial charge in [0.25, 0.3) is 0 Å². The van der Waals surface area contributed by atoms with E-state index in [1.807, 2.05) is 19.0 Å². The van der Waals surface area contributed by atoms with Crippen LogP contribution in [0.5, 0.6) is 0 Å². The minimum absolute atomic E-state index is 0.00921. The second-order valence-corrected chi connectivity index (χ2v) is 4.29. The number of hydrogen-bond donors (Lipinski definition) is 1. The van der Waals surface area contributed by atoms with Gasteiger partial charge in [-0.1, -0.05) is 6.92 Å². The predicted octanol–water partition coefficient (Wildman–Crippen LogP) is 0.147. The quantitative estimate of drug-likeness (QED) is 0.725. The summed E-state index contributed by atoms with van der Waals surface area (Å²) in [6.45, 7) is 6.93. The zero-order valence-electron chi connectivity index (χ0n) is 10.3. The van der Waals surface area contributed by atoms with Crippen LogP contribution in [-0.2, 0) is 4.79 Å². The number of nitrogens with one attached hydrogen (secondary N) is 1. The molecule has 1 amide bonds. The Bertz CT molecular complexity index is 220. The van der Waals surface area contributed by atoms with Crippen molar-refractivity contribution in [2.75, 3.05) is 33.7 Å². The lowest BCUT2D eigenvalue weighted by atomic mass is 10.2. The highest BCUT2D eigenvalue weighted by Crippen LogP contribution is 2.14. The molecule has 1 aliphatic heterocycles. The van der Waals surface area contributed by atoms with Crippen LogP contribution in [0.15, 0.2) is 0 Å². The fourth-order valence-corrected chi connectivity index (χ4v) is 2.10. The van der Waals surface area contributed by atoms with Crippen LogP contribution in [0.3, 0.4) is 0 Å². The molecule has 0 radical (unpaired) electrons. The fourth-order valence-electron chi connectivity index (χ4n) is 2.10. The normalized spacial score (nSPS) is 29.3. The minimum Gasteiger partial charge on any atom is -0.342 e. The number of likely N-dealkylation sites (N-methyl/N-ethyl adjacent to an activating group) is 3. The molecule has 0 spiro atoms. The Morgan fingerprint density at radius 3 is 2.73 bits per heavy atom. The molecule has 0 aromatic carbocycles. The lowest BCUT2D eigenvalue weighted by Gasteiger charge is -2.29. The van der Waals surface area contributed by atoms with E-state index in [-0.39, 0.29) is 11.9 Å². The predicted molar refractivity (Wildman–Crippen MR) is 61.8 cm³/mol. The molecule has 0 aromatic heterocycles. The molecule has 1 heterocycles. The third-order valence-electron chi connectivity index (χ3n) is 3.37. The maximum Gasteiger partial charge on any atom is 0.241 e. The molecule has 0 saturated carbocycles. The molecule has 1 aliphatic rings. The highest BCUT2D eigenvalue weighted by Gasteiger charge is 2.32. The maximum absolute atomic E-state index is 12.2. The van der Waals surface area contributed by atoms with E-state index in [1.54, 1.807) is 0 Å². The van der Waals surface area contributed by atoms with Crippen molar-refractivity contribution in [1.82, 2.24) is 15.1 Å². The SMILES string of the molecule is CCN1CCC(C)N(C)C(=O)C1CNC. The largest absolute Gasteiger partial charge is 0.342 e. The van der Waals surface area contributed by atoms with Gasteiger partial charge in [-0.3, -0.25) is 9.69 Å². The molecule has 15 heavy (non-hydrogen) atoms. The van der Waals surface area contributed by atoms with Crippen molar-refractivity contribution in [3.8, 4) is 0 Å². The van der Waals surface area contributed by atoms with E-state index in [2.05, 4.69) is 24.1 Å². The number of nitrogens with zero attached hydrogens (tertiary/aromatic N) is 2. The van der Waals surface area contributed by atoms with E-state index in [1.165, 1.54) is 0 Å². The molecular weight excluding hydrogens is 190 g/mol. The zero-order chi connectivity index (χ0) is 11.4. The summed E-state index contributed by atoms with van der Waals surface area (Å²) >= 11 is 0. The molecule has 2 unspecified atom stereocenters. The summed E-state index contributed by atoms with van der Waals surface area (Å²) in [6, 6.07) is 0.364. The first-order valence-electron chi connectivity index (χ1n) is 5.77. The number of hydrogen-bond acceptors (Lipinski definition) is 3. The highest BCUT2D eigenvalue weighted by atomic mass is 16.2. The van der Waals surface area contributed by atoms with E-state index in [9.17, 15) is 4.79 Å². The van der Waals surface area contributed by atoms with E-state index in [4.69, 9.17) is 0 Å². The Kier molecular flexibility index (Phi) is 4.54. The van der Waals surface area contributed by atoms with Crippen molar-refractivity contribution in [3.05, 3.63) is 0 Å². The Labute approximate surface area is 92.6 Å². The number of carbonyl (C=O) groups is 1. The van der Waals surface area contributed by atoms with Gasteiger partial charge in [0, 0.05) is 26.2 Å². The van der Waals surface area contributed by atoms with Crippen LogP contribution in [0, 0.1) is 0 Å². The summed E-state index contributed by atoms with van der Waals surface area (Å²) in [7, 11) is 3.81. The van der Waals surface area contributed by atoms with Gasteiger partial charge in [0.15, 0.2) is 0 Å². The molecule has 1 rings (SSSR count). The monoisotopic (exact) mass is 213 g/mol. The molecule has 0 aromatic rings. The molecule has 2 atom stereocenters. The number of rotatable bonds is 3. The fraction of sp³-hybridized carbons (Fsp3) is 0.909. The van der Waals surface area contributed by atoms with Crippen molar-refractivity contribution < 1.29 is 4.79 Å². The van der Waals surface area contributed by atoms with Gasteiger partial charge in [-0.25, -0.2) is 0 Å². The van der Waals surface area contributed by atoms with Crippen LogP contribution in [0.25, 0.3) is 0 Å². The first-order valence-corrected chi connectivity index (χ1v) is 5.77. The summed E-state index contributed by atoms with van der Waals surface area (Å²) in [5.74, 6) is 0.246. The van der Waals surface area contributed by atoms with Crippen LogP contribution in [-0.4, -0.2) is 61.5 Å². The Hall–Kier alpha value is -0.610. The molecule has 0 bridgehead atoms. The molecule has 4 nitrogen and oxygen atoms in total. The second-order valence-electron chi connectivity index (χ2n) is 4.29. The zero-order valence-corrected chi connectivity index (χ0v) is 10.3. The lowest BCUT2D eigenvalue weighted by molar-refractivity contribution is -0.135. The van der Waals surface area contributed by atoms with E-state index < -0.39 is 0 Å². The molecule has 0 aliphatic carbocycles. The molecule has 1 N–H and O–H groups in total. The van der Waals surface area contributed by atoms with Gasteiger partial charge in [-0.05, 0) is 26.9 Å². The van der Waals surface area contributed by atoms with Crippen molar-refractivity contribution in [1.29, 1.82) is 0 Å². The average molecular weight is 213 g/mol. The Morgan fingerprint density at radius 2 is 2.20 bits per heavy atom. The van der Waals surface area contributed by atoms with E-state index in [0.717, 1.165) is 26.1 Å². The summed E-state index contributed by atoms with van der Waals surface area (Å²) in [5, 5.41) is 3.11. The van der Waals surface area contributed by atoms with Crippen molar-refractivity contribution in [2.45, 2.75) is 32.4 Å². The van der Waals surface area contributed by atoms with Crippen LogP contribution in [0.1, 0.15) is 20.3 Å². The maximum atomic E-state index is 12.2. The summed E-state index contributed by atoms with van der Waals surface area (Å²) in [6.07, 6.45) is 1.07. The second kappa shape index (κ2) is 5.47. The third-order valence-corrected chi connectivity index (χ3v) is 3.37. The van der Waals surface area contributed by atoms with Crippen molar-refractivity contribution in [3.63, 3.8) is 0 Å².